The Kier molecular flexibility index (Phi) is 4.68. The number of nitrogens with zero attached hydrogens (tertiary/aromatic N) is 1. The van der Waals surface area contributed by atoms with Gasteiger partial charge in [0.15, 0.2) is 5.82 Å². The lowest BCUT2D eigenvalue weighted by Crippen LogP contribution is -2.27. The maximum Gasteiger partial charge on any atom is 0.255 e. The number of nitrogens with one attached hydrogen (secondary N) is 2. The second-order valence-corrected chi connectivity index (χ2v) is 4.54. The SMILES string of the molecule is Cc1cccc(CCNC(=O)c2cccnc2NN)c1. The Balaban J connectivity index is 1.92. The standard InChI is InChI=1S/C15H18N4O/c1-11-4-2-5-12(10-11)7-9-18-15(20)13-6-3-8-17-14(13)19-16/h2-6,8,10H,7,9,16H2,1H3,(H,17,19)(H,18,20). The first-order valence-electron chi connectivity index (χ1n) is 6.46. The number of amides is 1. The highest BCUT2D eigenvalue weighted by molar-refractivity contribution is 5.98. The molecule has 0 aliphatic carbocycles. The van der Waals surface area contributed by atoms with E-state index in [1.54, 1.807) is 18.3 Å². The fourth-order valence-corrected chi connectivity index (χ4v) is 1.99. The molecule has 4 N–H and O–H groups in total. The first kappa shape index (κ1) is 14.0. The van der Waals surface area contributed by atoms with Crippen LogP contribution in [0.15, 0.2) is 42.6 Å². The zero-order valence-electron chi connectivity index (χ0n) is 11.4. The molecule has 1 aromatic heterocycles. The second-order valence-electron chi connectivity index (χ2n) is 4.54. The van der Waals surface area contributed by atoms with Crippen molar-refractivity contribution in [3.05, 3.63) is 59.3 Å². The molecule has 0 unspecified atom stereocenters. The molecule has 0 spiro atoms. The highest BCUT2D eigenvalue weighted by Crippen LogP contribution is 2.09. The molecular formula is C15H18N4O. The first-order chi connectivity index (χ1) is 9.70. The van der Waals surface area contributed by atoms with Crippen molar-refractivity contribution in [2.24, 2.45) is 5.84 Å². The van der Waals surface area contributed by atoms with Gasteiger partial charge in [0.25, 0.3) is 5.91 Å². The number of rotatable bonds is 5. The molecule has 5 nitrogen and oxygen atoms in total. The molecule has 5 heteroatoms. The molecule has 0 fully saturated rings. The minimum atomic E-state index is -0.182. The summed E-state index contributed by atoms with van der Waals surface area (Å²) in [6, 6.07) is 11.6. The van der Waals surface area contributed by atoms with E-state index in [0.29, 0.717) is 17.9 Å². The summed E-state index contributed by atoms with van der Waals surface area (Å²) in [5.41, 5.74) is 5.28. The summed E-state index contributed by atoms with van der Waals surface area (Å²) >= 11 is 0. The van der Waals surface area contributed by atoms with Crippen LogP contribution in [-0.2, 0) is 6.42 Å². The van der Waals surface area contributed by atoms with Crippen LogP contribution in [0, 0.1) is 6.92 Å². The molecule has 0 bridgehead atoms. The second kappa shape index (κ2) is 6.68. The van der Waals surface area contributed by atoms with Gasteiger partial charge in [0.05, 0.1) is 5.56 Å². The van der Waals surface area contributed by atoms with E-state index < -0.39 is 0 Å². The van der Waals surface area contributed by atoms with E-state index in [1.807, 2.05) is 6.07 Å². The third-order valence-corrected chi connectivity index (χ3v) is 2.97. The van der Waals surface area contributed by atoms with Gasteiger partial charge >= 0.3 is 0 Å². The van der Waals surface area contributed by atoms with Crippen LogP contribution in [0.4, 0.5) is 5.82 Å². The molecule has 104 valence electrons. The number of aromatic nitrogens is 1. The molecule has 20 heavy (non-hydrogen) atoms. The van der Waals surface area contributed by atoms with E-state index in [-0.39, 0.29) is 5.91 Å². The molecule has 1 aromatic carbocycles. The van der Waals surface area contributed by atoms with Gasteiger partial charge in [-0.05, 0) is 31.0 Å². The van der Waals surface area contributed by atoms with Gasteiger partial charge in [0, 0.05) is 12.7 Å². The number of pyridine rings is 1. The topological polar surface area (TPSA) is 80.0 Å². The zero-order valence-corrected chi connectivity index (χ0v) is 11.4. The highest BCUT2D eigenvalue weighted by Gasteiger charge is 2.10. The average molecular weight is 270 g/mol. The van der Waals surface area contributed by atoms with Crippen LogP contribution in [0.1, 0.15) is 21.5 Å². The van der Waals surface area contributed by atoms with E-state index in [0.717, 1.165) is 6.42 Å². The number of hydrogen-bond acceptors (Lipinski definition) is 4. The van der Waals surface area contributed by atoms with Crippen LogP contribution in [-0.4, -0.2) is 17.4 Å². The van der Waals surface area contributed by atoms with Crippen molar-refractivity contribution < 1.29 is 4.79 Å². The fourth-order valence-electron chi connectivity index (χ4n) is 1.99. The Bertz CT molecular complexity index is 598. The maximum absolute atomic E-state index is 12.0. The van der Waals surface area contributed by atoms with Crippen molar-refractivity contribution >= 4 is 11.7 Å². The zero-order chi connectivity index (χ0) is 14.4. The predicted octanol–water partition coefficient (Wildman–Crippen LogP) is 1.65. The number of hydrogen-bond donors (Lipinski definition) is 3. The molecule has 0 aliphatic rings. The molecule has 0 saturated carbocycles. The Morgan fingerprint density at radius 1 is 1.30 bits per heavy atom. The number of nitrogen functional groups attached to an aromatic ring is 1. The van der Waals surface area contributed by atoms with Crippen LogP contribution >= 0.6 is 0 Å². The molecule has 2 rings (SSSR count). The van der Waals surface area contributed by atoms with Gasteiger partial charge in [0.1, 0.15) is 0 Å². The van der Waals surface area contributed by atoms with Crippen molar-refractivity contribution in [2.45, 2.75) is 13.3 Å². The largest absolute Gasteiger partial charge is 0.352 e. The van der Waals surface area contributed by atoms with Crippen LogP contribution in [0.3, 0.4) is 0 Å². The molecule has 0 saturated heterocycles. The summed E-state index contributed by atoms with van der Waals surface area (Å²) in [6.45, 7) is 2.62. The Morgan fingerprint density at radius 3 is 2.90 bits per heavy atom. The normalized spacial score (nSPS) is 10.1. The van der Waals surface area contributed by atoms with E-state index >= 15 is 0 Å². The molecule has 0 aliphatic heterocycles. The number of aryl methyl sites for hydroxylation is 1. The smallest absolute Gasteiger partial charge is 0.255 e. The Labute approximate surface area is 118 Å². The highest BCUT2D eigenvalue weighted by atomic mass is 16.1. The lowest BCUT2D eigenvalue weighted by molar-refractivity contribution is 0.0954. The van der Waals surface area contributed by atoms with Crippen LogP contribution in [0.25, 0.3) is 0 Å². The third-order valence-electron chi connectivity index (χ3n) is 2.97. The monoisotopic (exact) mass is 270 g/mol. The number of anilines is 1. The van der Waals surface area contributed by atoms with Crippen molar-refractivity contribution in [3.8, 4) is 0 Å². The number of carbonyl (C=O) groups is 1. The lowest BCUT2D eigenvalue weighted by atomic mass is 10.1. The van der Waals surface area contributed by atoms with Gasteiger partial charge < -0.3 is 10.7 Å². The summed E-state index contributed by atoms with van der Waals surface area (Å²) in [5, 5.41) is 2.87. The van der Waals surface area contributed by atoms with Crippen LogP contribution in [0.5, 0.6) is 0 Å². The quantitative estimate of drug-likeness (QED) is 0.570. The molecule has 1 heterocycles. The van der Waals surface area contributed by atoms with Gasteiger partial charge in [-0.3, -0.25) is 4.79 Å². The van der Waals surface area contributed by atoms with Gasteiger partial charge in [0.2, 0.25) is 0 Å². The molecule has 0 radical (unpaired) electrons. The molecular weight excluding hydrogens is 252 g/mol. The Hall–Kier alpha value is -2.40. The molecule has 0 atom stereocenters. The molecule has 1 amide bonds. The number of nitrogens with two attached hydrogens (primary N) is 1. The van der Waals surface area contributed by atoms with Crippen LogP contribution < -0.4 is 16.6 Å². The van der Waals surface area contributed by atoms with Gasteiger partial charge in [-0.15, -0.1) is 0 Å². The van der Waals surface area contributed by atoms with Crippen LogP contribution in [0.2, 0.25) is 0 Å². The van der Waals surface area contributed by atoms with Crippen molar-refractivity contribution in [2.75, 3.05) is 12.0 Å². The summed E-state index contributed by atoms with van der Waals surface area (Å²) in [7, 11) is 0. The van der Waals surface area contributed by atoms with E-state index in [1.165, 1.54) is 11.1 Å². The summed E-state index contributed by atoms with van der Waals surface area (Å²) in [5.74, 6) is 5.53. The summed E-state index contributed by atoms with van der Waals surface area (Å²) in [4.78, 5) is 16.0. The maximum atomic E-state index is 12.0. The van der Waals surface area contributed by atoms with Gasteiger partial charge in [-0.25, -0.2) is 10.8 Å². The number of carbonyl (C=O) groups excluding carboxylic acids is 1. The van der Waals surface area contributed by atoms with E-state index in [4.69, 9.17) is 5.84 Å². The van der Waals surface area contributed by atoms with Crippen molar-refractivity contribution in [1.29, 1.82) is 0 Å². The first-order valence-corrected chi connectivity index (χ1v) is 6.46. The van der Waals surface area contributed by atoms with E-state index in [9.17, 15) is 4.79 Å². The van der Waals surface area contributed by atoms with Gasteiger partial charge in [-0.1, -0.05) is 29.8 Å². The third kappa shape index (κ3) is 3.55. The predicted molar refractivity (Wildman–Crippen MR) is 79.3 cm³/mol. The average Bonchev–Trinajstić information content (AvgIpc) is 2.47. The summed E-state index contributed by atoms with van der Waals surface area (Å²) in [6.07, 6.45) is 2.37. The minimum Gasteiger partial charge on any atom is -0.352 e. The van der Waals surface area contributed by atoms with Gasteiger partial charge in [-0.2, -0.15) is 0 Å². The summed E-state index contributed by atoms with van der Waals surface area (Å²) < 4.78 is 0. The van der Waals surface area contributed by atoms with Crippen molar-refractivity contribution in [1.82, 2.24) is 10.3 Å². The minimum absolute atomic E-state index is 0.182. The molecule has 2 aromatic rings. The van der Waals surface area contributed by atoms with E-state index in [2.05, 4.69) is 40.8 Å². The number of benzene rings is 1. The fraction of sp³-hybridized carbons (Fsp3) is 0.200. The lowest BCUT2D eigenvalue weighted by Gasteiger charge is -2.08. The Morgan fingerprint density at radius 2 is 2.15 bits per heavy atom. The number of hydrazine groups is 1. The van der Waals surface area contributed by atoms with Crippen molar-refractivity contribution in [3.63, 3.8) is 0 Å².